The highest BCUT2D eigenvalue weighted by Gasteiger charge is 2.21. The molecule has 1 heterocycles. The van der Waals surface area contributed by atoms with E-state index >= 15 is 0 Å². The summed E-state index contributed by atoms with van der Waals surface area (Å²) >= 11 is 0. The highest BCUT2D eigenvalue weighted by Crippen LogP contribution is 2.22. The van der Waals surface area contributed by atoms with Crippen LogP contribution in [0.25, 0.3) is 0 Å². The number of methoxy groups -OCH3 is 1. The van der Waals surface area contributed by atoms with Gasteiger partial charge in [-0.15, -0.1) is 0 Å². The Bertz CT molecular complexity index is 338. The van der Waals surface area contributed by atoms with Crippen molar-refractivity contribution in [1.82, 2.24) is 5.32 Å². The first-order valence-corrected chi connectivity index (χ1v) is 6.07. The summed E-state index contributed by atoms with van der Waals surface area (Å²) in [6, 6.07) is 8.49. The van der Waals surface area contributed by atoms with Gasteiger partial charge in [-0.05, 0) is 30.7 Å². The first-order chi connectivity index (χ1) is 8.35. The summed E-state index contributed by atoms with van der Waals surface area (Å²) in [5, 5.41) is 12.5. The second-order valence-corrected chi connectivity index (χ2v) is 4.26. The van der Waals surface area contributed by atoms with Crippen molar-refractivity contribution in [3.05, 3.63) is 24.3 Å². The Labute approximate surface area is 102 Å². The molecule has 1 aromatic carbocycles. The van der Waals surface area contributed by atoms with Crippen LogP contribution >= 0.6 is 0 Å². The summed E-state index contributed by atoms with van der Waals surface area (Å²) in [4.78, 5) is 2.35. The zero-order valence-electron chi connectivity index (χ0n) is 10.2. The van der Waals surface area contributed by atoms with Crippen LogP contribution in [0, 0.1) is 0 Å². The number of benzene rings is 1. The molecule has 1 aliphatic rings. The number of anilines is 1. The number of aliphatic hydroxyl groups is 1. The van der Waals surface area contributed by atoms with Crippen molar-refractivity contribution in [3.63, 3.8) is 0 Å². The minimum Gasteiger partial charge on any atom is -0.497 e. The molecule has 0 aromatic heterocycles. The summed E-state index contributed by atoms with van der Waals surface area (Å²) in [6.07, 6.45) is 0.805. The summed E-state index contributed by atoms with van der Waals surface area (Å²) in [5.41, 5.74) is 1.20. The molecule has 2 rings (SSSR count). The van der Waals surface area contributed by atoms with Gasteiger partial charge in [0.2, 0.25) is 0 Å². The summed E-state index contributed by atoms with van der Waals surface area (Å²) in [6.45, 7) is 3.15. The predicted octanol–water partition coefficient (Wildman–Crippen LogP) is 0.856. The van der Waals surface area contributed by atoms with Gasteiger partial charge in [-0.2, -0.15) is 0 Å². The van der Waals surface area contributed by atoms with Crippen LogP contribution in [-0.2, 0) is 0 Å². The van der Waals surface area contributed by atoms with Gasteiger partial charge in [-0.1, -0.05) is 0 Å². The van der Waals surface area contributed by atoms with Crippen LogP contribution < -0.4 is 15.0 Å². The SMILES string of the molecule is COc1ccc(N2CCNCC2CCO)cc1. The highest BCUT2D eigenvalue weighted by atomic mass is 16.5. The maximum atomic E-state index is 9.09. The molecule has 1 aliphatic heterocycles. The lowest BCUT2D eigenvalue weighted by Gasteiger charge is -2.37. The molecule has 0 saturated carbocycles. The fourth-order valence-corrected chi connectivity index (χ4v) is 2.28. The van der Waals surface area contributed by atoms with Gasteiger partial charge in [0.25, 0.3) is 0 Å². The Morgan fingerprint density at radius 3 is 2.82 bits per heavy atom. The number of rotatable bonds is 4. The normalized spacial score (nSPS) is 20.4. The molecule has 0 spiro atoms. The van der Waals surface area contributed by atoms with E-state index in [1.165, 1.54) is 5.69 Å². The molecule has 2 N–H and O–H groups in total. The molecule has 1 unspecified atom stereocenters. The van der Waals surface area contributed by atoms with Gasteiger partial charge < -0.3 is 20.1 Å². The maximum Gasteiger partial charge on any atom is 0.119 e. The van der Waals surface area contributed by atoms with E-state index in [4.69, 9.17) is 9.84 Å². The molecule has 17 heavy (non-hydrogen) atoms. The van der Waals surface area contributed by atoms with E-state index in [0.717, 1.165) is 31.8 Å². The van der Waals surface area contributed by atoms with Gasteiger partial charge in [-0.3, -0.25) is 0 Å². The third-order valence-electron chi connectivity index (χ3n) is 3.22. The Hall–Kier alpha value is -1.26. The third-order valence-corrected chi connectivity index (χ3v) is 3.22. The smallest absolute Gasteiger partial charge is 0.119 e. The molecular formula is C13H20N2O2. The van der Waals surface area contributed by atoms with E-state index in [-0.39, 0.29) is 6.61 Å². The van der Waals surface area contributed by atoms with Crippen molar-refractivity contribution in [3.8, 4) is 5.75 Å². The van der Waals surface area contributed by atoms with Gasteiger partial charge in [0.1, 0.15) is 5.75 Å². The Morgan fingerprint density at radius 1 is 1.41 bits per heavy atom. The minimum atomic E-state index is 0.235. The second kappa shape index (κ2) is 5.89. The predicted molar refractivity (Wildman–Crippen MR) is 68.7 cm³/mol. The Balaban J connectivity index is 2.11. The van der Waals surface area contributed by atoms with E-state index in [9.17, 15) is 0 Å². The summed E-state index contributed by atoms with van der Waals surface area (Å²) in [5.74, 6) is 0.877. The Morgan fingerprint density at radius 2 is 2.18 bits per heavy atom. The molecular weight excluding hydrogens is 216 g/mol. The monoisotopic (exact) mass is 236 g/mol. The quantitative estimate of drug-likeness (QED) is 0.813. The van der Waals surface area contributed by atoms with Gasteiger partial charge in [0.15, 0.2) is 0 Å². The summed E-state index contributed by atoms with van der Waals surface area (Å²) < 4.78 is 5.16. The molecule has 4 heteroatoms. The molecule has 94 valence electrons. The molecule has 1 fully saturated rings. The molecule has 4 nitrogen and oxygen atoms in total. The van der Waals surface area contributed by atoms with Crippen LogP contribution in [0.1, 0.15) is 6.42 Å². The number of hydrogen-bond acceptors (Lipinski definition) is 4. The lowest BCUT2D eigenvalue weighted by Crippen LogP contribution is -2.51. The van der Waals surface area contributed by atoms with Gasteiger partial charge in [0.05, 0.1) is 7.11 Å². The zero-order valence-corrected chi connectivity index (χ0v) is 10.2. The molecule has 0 aliphatic carbocycles. The second-order valence-electron chi connectivity index (χ2n) is 4.26. The van der Waals surface area contributed by atoms with Gasteiger partial charge >= 0.3 is 0 Å². The van der Waals surface area contributed by atoms with Crippen LogP contribution in [0.5, 0.6) is 5.75 Å². The molecule has 0 bridgehead atoms. The zero-order chi connectivity index (χ0) is 12.1. The largest absolute Gasteiger partial charge is 0.497 e. The van der Waals surface area contributed by atoms with E-state index in [1.807, 2.05) is 12.1 Å². The van der Waals surface area contributed by atoms with Crippen molar-refractivity contribution in [2.75, 3.05) is 38.3 Å². The molecule has 1 aromatic rings. The first kappa shape index (κ1) is 12.2. The maximum absolute atomic E-state index is 9.09. The van der Waals surface area contributed by atoms with Gasteiger partial charge in [-0.25, -0.2) is 0 Å². The van der Waals surface area contributed by atoms with Crippen molar-refractivity contribution in [1.29, 1.82) is 0 Å². The van der Waals surface area contributed by atoms with Crippen molar-refractivity contribution in [2.24, 2.45) is 0 Å². The van der Waals surface area contributed by atoms with Crippen molar-refractivity contribution < 1.29 is 9.84 Å². The van der Waals surface area contributed by atoms with E-state index in [2.05, 4.69) is 22.3 Å². The minimum absolute atomic E-state index is 0.235. The van der Waals surface area contributed by atoms with Crippen molar-refractivity contribution >= 4 is 5.69 Å². The number of piperazine rings is 1. The van der Waals surface area contributed by atoms with E-state index < -0.39 is 0 Å². The fourth-order valence-electron chi connectivity index (χ4n) is 2.28. The van der Waals surface area contributed by atoms with E-state index in [1.54, 1.807) is 7.11 Å². The average molecular weight is 236 g/mol. The topological polar surface area (TPSA) is 44.7 Å². The molecule has 1 atom stereocenters. The Kier molecular flexibility index (Phi) is 4.23. The standard InChI is InChI=1S/C13H20N2O2/c1-17-13-4-2-11(3-5-13)15-8-7-14-10-12(15)6-9-16/h2-5,12,14,16H,6-10H2,1H3. The van der Waals surface area contributed by atoms with Crippen LogP contribution in [0.15, 0.2) is 24.3 Å². The number of nitrogens with one attached hydrogen (secondary N) is 1. The van der Waals surface area contributed by atoms with Crippen LogP contribution in [0.4, 0.5) is 5.69 Å². The lowest BCUT2D eigenvalue weighted by atomic mass is 10.1. The third kappa shape index (κ3) is 2.90. The summed E-state index contributed by atoms with van der Waals surface area (Å²) in [7, 11) is 1.67. The van der Waals surface area contributed by atoms with Crippen LogP contribution in [0.2, 0.25) is 0 Å². The number of ether oxygens (including phenoxy) is 1. The van der Waals surface area contributed by atoms with Gasteiger partial charge in [0, 0.05) is 38.0 Å². The average Bonchev–Trinajstić information content (AvgIpc) is 2.40. The fraction of sp³-hybridized carbons (Fsp3) is 0.538. The molecule has 1 saturated heterocycles. The number of hydrogen-bond donors (Lipinski definition) is 2. The number of nitrogens with zero attached hydrogens (tertiary/aromatic N) is 1. The highest BCUT2D eigenvalue weighted by molar-refractivity contribution is 5.50. The van der Waals surface area contributed by atoms with Crippen molar-refractivity contribution in [2.45, 2.75) is 12.5 Å². The van der Waals surface area contributed by atoms with Crippen LogP contribution in [-0.4, -0.2) is 44.5 Å². The number of aliphatic hydroxyl groups excluding tert-OH is 1. The molecule has 0 radical (unpaired) electrons. The lowest BCUT2D eigenvalue weighted by molar-refractivity contribution is 0.266. The first-order valence-electron chi connectivity index (χ1n) is 6.07. The molecule has 0 amide bonds. The van der Waals surface area contributed by atoms with E-state index in [0.29, 0.717) is 6.04 Å². The van der Waals surface area contributed by atoms with Crippen LogP contribution in [0.3, 0.4) is 0 Å².